The summed E-state index contributed by atoms with van der Waals surface area (Å²) in [6.45, 7) is 4.32. The molecule has 3 heterocycles. The van der Waals surface area contributed by atoms with E-state index in [0.717, 1.165) is 10.4 Å². The van der Waals surface area contributed by atoms with Crippen molar-refractivity contribution in [1.82, 2.24) is 9.88 Å². The van der Waals surface area contributed by atoms with Crippen LogP contribution in [0.2, 0.25) is 0 Å². The first kappa shape index (κ1) is 19.0. The van der Waals surface area contributed by atoms with Crippen LogP contribution in [0, 0.1) is 18.3 Å². The van der Waals surface area contributed by atoms with E-state index in [0.29, 0.717) is 43.5 Å². The highest BCUT2D eigenvalue weighted by Crippen LogP contribution is 2.25. The molecule has 3 aromatic rings. The van der Waals surface area contributed by atoms with Gasteiger partial charge in [0.15, 0.2) is 0 Å². The Labute approximate surface area is 173 Å². The largest absolute Gasteiger partial charge is 0.420 e. The standard InChI is InChI=1S/C22H20N4O2S/c1-16-4-6-17(7-5-16)21(27)25-10-12-26(13-11-25)22-19(15-23)24-20(28-22)9-8-18-3-2-14-29-18/h2-9,14H,10-13H2,1H3/b9-8+. The number of nitrogens with zero attached hydrogens (tertiary/aromatic N) is 4. The van der Waals surface area contributed by atoms with Crippen molar-refractivity contribution in [2.75, 3.05) is 31.1 Å². The minimum Gasteiger partial charge on any atom is -0.420 e. The Bertz CT molecular complexity index is 1050. The maximum atomic E-state index is 12.7. The van der Waals surface area contributed by atoms with Gasteiger partial charge in [0.05, 0.1) is 0 Å². The summed E-state index contributed by atoms with van der Waals surface area (Å²) < 4.78 is 5.84. The molecule has 7 heteroatoms. The second-order valence-electron chi connectivity index (χ2n) is 6.81. The van der Waals surface area contributed by atoms with Crippen LogP contribution in [0.15, 0.2) is 46.2 Å². The van der Waals surface area contributed by atoms with Crippen molar-refractivity contribution in [3.8, 4) is 6.07 Å². The zero-order valence-electron chi connectivity index (χ0n) is 16.0. The molecule has 0 N–H and O–H groups in total. The number of benzene rings is 1. The first-order valence-corrected chi connectivity index (χ1v) is 10.3. The van der Waals surface area contributed by atoms with Crippen molar-refractivity contribution in [2.45, 2.75) is 6.92 Å². The van der Waals surface area contributed by atoms with E-state index in [1.165, 1.54) is 0 Å². The Morgan fingerprint density at radius 2 is 1.93 bits per heavy atom. The lowest BCUT2D eigenvalue weighted by Gasteiger charge is -2.34. The number of aromatic nitrogens is 1. The molecule has 146 valence electrons. The van der Waals surface area contributed by atoms with Crippen LogP contribution < -0.4 is 4.90 Å². The molecule has 1 aliphatic rings. The second-order valence-corrected chi connectivity index (χ2v) is 7.79. The lowest BCUT2D eigenvalue weighted by atomic mass is 10.1. The number of oxazole rings is 1. The Morgan fingerprint density at radius 1 is 1.17 bits per heavy atom. The molecule has 1 aliphatic heterocycles. The number of hydrogen-bond acceptors (Lipinski definition) is 6. The average Bonchev–Trinajstić information content (AvgIpc) is 3.42. The summed E-state index contributed by atoms with van der Waals surface area (Å²) >= 11 is 1.62. The van der Waals surface area contributed by atoms with Crippen molar-refractivity contribution in [3.05, 3.63) is 69.4 Å². The van der Waals surface area contributed by atoms with Crippen LogP contribution in [-0.2, 0) is 0 Å². The third-order valence-corrected chi connectivity index (χ3v) is 5.66. The molecule has 0 saturated carbocycles. The Hall–Kier alpha value is -3.37. The number of carbonyl (C=O) groups excluding carboxylic acids is 1. The molecule has 29 heavy (non-hydrogen) atoms. The zero-order valence-corrected chi connectivity index (χ0v) is 16.9. The molecule has 0 unspecified atom stereocenters. The molecule has 0 aliphatic carbocycles. The van der Waals surface area contributed by atoms with Gasteiger partial charge >= 0.3 is 0 Å². The fraction of sp³-hybridized carbons (Fsp3) is 0.227. The normalized spacial score (nSPS) is 14.3. The predicted octanol–water partition coefficient (Wildman–Crippen LogP) is 4.05. The fourth-order valence-electron chi connectivity index (χ4n) is 3.22. The molecule has 2 aromatic heterocycles. The molecular formula is C22H20N4O2S. The summed E-state index contributed by atoms with van der Waals surface area (Å²) in [7, 11) is 0. The molecule has 0 spiro atoms. The van der Waals surface area contributed by atoms with Gasteiger partial charge < -0.3 is 14.2 Å². The summed E-state index contributed by atoms with van der Waals surface area (Å²) in [5, 5.41) is 11.4. The number of anilines is 1. The third-order valence-electron chi connectivity index (χ3n) is 4.82. The van der Waals surface area contributed by atoms with E-state index in [2.05, 4.69) is 11.1 Å². The Kier molecular flexibility index (Phi) is 5.45. The lowest BCUT2D eigenvalue weighted by molar-refractivity contribution is 0.0745. The number of nitriles is 1. The van der Waals surface area contributed by atoms with Crippen molar-refractivity contribution in [2.24, 2.45) is 0 Å². The van der Waals surface area contributed by atoms with E-state index in [1.807, 2.05) is 64.6 Å². The first-order valence-electron chi connectivity index (χ1n) is 9.37. The lowest BCUT2D eigenvalue weighted by Crippen LogP contribution is -2.48. The SMILES string of the molecule is Cc1ccc(C(=O)N2CCN(c3oc(/C=C/c4cccs4)nc3C#N)CC2)cc1. The summed E-state index contributed by atoms with van der Waals surface area (Å²) in [5.41, 5.74) is 2.10. The summed E-state index contributed by atoms with van der Waals surface area (Å²) in [4.78, 5) is 21.9. The van der Waals surface area contributed by atoms with E-state index in [1.54, 1.807) is 17.4 Å². The molecule has 1 aromatic carbocycles. The van der Waals surface area contributed by atoms with E-state index < -0.39 is 0 Å². The monoisotopic (exact) mass is 404 g/mol. The number of thiophene rings is 1. The number of hydrogen-bond donors (Lipinski definition) is 0. The second kappa shape index (κ2) is 8.33. The quantitative estimate of drug-likeness (QED) is 0.656. The van der Waals surface area contributed by atoms with Crippen molar-refractivity contribution >= 4 is 35.3 Å². The van der Waals surface area contributed by atoms with Crippen LogP contribution in [0.25, 0.3) is 12.2 Å². The van der Waals surface area contributed by atoms with Gasteiger partial charge in [-0.25, -0.2) is 0 Å². The number of aryl methyl sites for hydroxylation is 1. The van der Waals surface area contributed by atoms with Crippen LogP contribution in [-0.4, -0.2) is 42.0 Å². The first-order chi connectivity index (χ1) is 14.1. The summed E-state index contributed by atoms with van der Waals surface area (Å²) in [6, 6.07) is 13.7. The molecule has 1 fully saturated rings. The van der Waals surface area contributed by atoms with Gasteiger partial charge in [0.2, 0.25) is 17.5 Å². The number of amides is 1. The van der Waals surface area contributed by atoms with Gasteiger partial charge in [0, 0.05) is 42.7 Å². The van der Waals surface area contributed by atoms with E-state index in [4.69, 9.17) is 4.42 Å². The van der Waals surface area contributed by atoms with Gasteiger partial charge in [-0.2, -0.15) is 10.2 Å². The minimum atomic E-state index is 0.0299. The van der Waals surface area contributed by atoms with Gasteiger partial charge in [0.1, 0.15) is 6.07 Å². The molecular weight excluding hydrogens is 384 g/mol. The highest BCUT2D eigenvalue weighted by atomic mass is 32.1. The maximum absolute atomic E-state index is 12.7. The van der Waals surface area contributed by atoms with Crippen LogP contribution in [0.4, 0.5) is 5.88 Å². The van der Waals surface area contributed by atoms with Gasteiger partial charge in [0.25, 0.3) is 5.91 Å². The molecule has 1 saturated heterocycles. The van der Waals surface area contributed by atoms with Crippen molar-refractivity contribution in [1.29, 1.82) is 5.26 Å². The summed E-state index contributed by atoms with van der Waals surface area (Å²) in [5.74, 6) is 0.908. The number of piperazine rings is 1. The van der Waals surface area contributed by atoms with Crippen LogP contribution in [0.3, 0.4) is 0 Å². The highest BCUT2D eigenvalue weighted by molar-refractivity contribution is 7.10. The van der Waals surface area contributed by atoms with E-state index in [-0.39, 0.29) is 11.6 Å². The van der Waals surface area contributed by atoms with Gasteiger partial charge in [-0.3, -0.25) is 4.79 Å². The fourth-order valence-corrected chi connectivity index (χ4v) is 3.84. The molecule has 6 nitrogen and oxygen atoms in total. The molecule has 0 radical (unpaired) electrons. The van der Waals surface area contributed by atoms with Crippen molar-refractivity contribution in [3.63, 3.8) is 0 Å². The third kappa shape index (κ3) is 4.23. The molecule has 1 amide bonds. The Balaban J connectivity index is 1.43. The maximum Gasteiger partial charge on any atom is 0.253 e. The van der Waals surface area contributed by atoms with Crippen LogP contribution in [0.5, 0.6) is 0 Å². The number of carbonyl (C=O) groups is 1. The minimum absolute atomic E-state index is 0.0299. The molecule has 0 bridgehead atoms. The average molecular weight is 404 g/mol. The van der Waals surface area contributed by atoms with Gasteiger partial charge in [-0.05, 0) is 36.6 Å². The molecule has 0 atom stereocenters. The topological polar surface area (TPSA) is 73.4 Å². The van der Waals surface area contributed by atoms with Gasteiger partial charge in [-0.15, -0.1) is 11.3 Å². The van der Waals surface area contributed by atoms with E-state index in [9.17, 15) is 10.1 Å². The van der Waals surface area contributed by atoms with Crippen LogP contribution >= 0.6 is 11.3 Å². The van der Waals surface area contributed by atoms with E-state index >= 15 is 0 Å². The smallest absolute Gasteiger partial charge is 0.253 e. The van der Waals surface area contributed by atoms with Gasteiger partial charge in [-0.1, -0.05) is 23.8 Å². The van der Waals surface area contributed by atoms with Crippen LogP contribution in [0.1, 0.15) is 32.4 Å². The molecule has 4 rings (SSSR count). The predicted molar refractivity (Wildman–Crippen MR) is 114 cm³/mol. The Morgan fingerprint density at radius 3 is 2.59 bits per heavy atom. The number of rotatable bonds is 4. The highest BCUT2D eigenvalue weighted by Gasteiger charge is 2.26. The zero-order chi connectivity index (χ0) is 20.2. The summed E-state index contributed by atoms with van der Waals surface area (Å²) in [6.07, 6.45) is 3.69. The van der Waals surface area contributed by atoms with Crippen molar-refractivity contribution < 1.29 is 9.21 Å².